The van der Waals surface area contributed by atoms with E-state index in [9.17, 15) is 14.9 Å². The first-order chi connectivity index (χ1) is 10.5. The third-order valence-electron chi connectivity index (χ3n) is 4.89. The third kappa shape index (κ3) is 2.86. The van der Waals surface area contributed by atoms with E-state index in [1.165, 1.54) is 31.7 Å². The minimum Gasteiger partial charge on any atom is -0.267 e. The predicted molar refractivity (Wildman–Crippen MR) is 82.7 cm³/mol. The molecule has 3 atom stereocenters. The Morgan fingerprint density at radius 1 is 1.41 bits per heavy atom. The molecule has 3 rings (SSSR count). The molecule has 1 amide bonds. The van der Waals surface area contributed by atoms with Crippen molar-refractivity contribution in [2.24, 2.45) is 22.9 Å². The average molecular weight is 301 g/mol. The van der Waals surface area contributed by atoms with Gasteiger partial charge in [0.05, 0.1) is 4.92 Å². The highest BCUT2D eigenvalue weighted by Crippen LogP contribution is 2.47. The van der Waals surface area contributed by atoms with Crippen LogP contribution in [0.2, 0.25) is 0 Å². The van der Waals surface area contributed by atoms with Crippen molar-refractivity contribution < 1.29 is 9.72 Å². The van der Waals surface area contributed by atoms with Crippen molar-refractivity contribution in [3.05, 3.63) is 39.4 Å². The van der Waals surface area contributed by atoms with Gasteiger partial charge >= 0.3 is 0 Å². The standard InChI is InChI=1S/C16H19N3O3/c1-10-2-4-13(8-15(10)19(21)22)16(20)18-17-9-14-7-11-3-5-12(14)6-11/h2,4,8-9,11-12,14H,3,5-7H2,1H3,(H,18,20)/b17-9-/t11-,12+,14-/m0/s1. The number of carbonyl (C=O) groups excluding carboxylic acids is 1. The fourth-order valence-electron chi connectivity index (χ4n) is 3.68. The van der Waals surface area contributed by atoms with Gasteiger partial charge in [-0.15, -0.1) is 0 Å². The Kier molecular flexibility index (Phi) is 3.92. The summed E-state index contributed by atoms with van der Waals surface area (Å²) in [4.78, 5) is 22.4. The van der Waals surface area contributed by atoms with Gasteiger partial charge in [-0.2, -0.15) is 5.10 Å². The SMILES string of the molecule is Cc1ccc(C(=O)N/N=C\[C@@H]2C[C@H]3CC[C@@H]2C3)cc1[N+](=O)[O-]. The molecule has 0 heterocycles. The maximum absolute atomic E-state index is 12.0. The molecule has 2 saturated carbocycles. The first kappa shape index (κ1) is 14.7. The maximum Gasteiger partial charge on any atom is 0.273 e. The molecule has 2 aliphatic rings. The van der Waals surface area contributed by atoms with Crippen LogP contribution in [0.1, 0.15) is 41.6 Å². The molecular formula is C16H19N3O3. The van der Waals surface area contributed by atoms with Crippen LogP contribution in [0.15, 0.2) is 23.3 Å². The molecule has 2 bridgehead atoms. The summed E-state index contributed by atoms with van der Waals surface area (Å²) in [5.74, 6) is 1.59. The van der Waals surface area contributed by atoms with E-state index in [1.54, 1.807) is 19.1 Å². The molecule has 2 fully saturated rings. The van der Waals surface area contributed by atoms with E-state index in [0.717, 1.165) is 5.92 Å². The van der Waals surface area contributed by atoms with Gasteiger partial charge in [0.25, 0.3) is 11.6 Å². The number of hydrazone groups is 1. The van der Waals surface area contributed by atoms with Crippen molar-refractivity contribution >= 4 is 17.8 Å². The molecule has 0 unspecified atom stereocenters. The number of aryl methyl sites for hydroxylation is 1. The fraction of sp³-hybridized carbons (Fsp3) is 0.500. The lowest BCUT2D eigenvalue weighted by Gasteiger charge is -2.16. The molecule has 0 saturated heterocycles. The molecular weight excluding hydrogens is 282 g/mol. The number of hydrogen-bond donors (Lipinski definition) is 1. The van der Waals surface area contributed by atoms with Gasteiger partial charge in [0.2, 0.25) is 0 Å². The minimum atomic E-state index is -0.482. The van der Waals surface area contributed by atoms with Gasteiger partial charge < -0.3 is 0 Å². The summed E-state index contributed by atoms with van der Waals surface area (Å²) in [5.41, 5.74) is 3.21. The summed E-state index contributed by atoms with van der Waals surface area (Å²) in [5, 5.41) is 15.0. The average Bonchev–Trinajstić information content (AvgIpc) is 3.10. The summed E-state index contributed by atoms with van der Waals surface area (Å²) in [7, 11) is 0. The Labute approximate surface area is 128 Å². The van der Waals surface area contributed by atoms with Crippen LogP contribution in [0.4, 0.5) is 5.69 Å². The topological polar surface area (TPSA) is 84.6 Å². The molecule has 22 heavy (non-hydrogen) atoms. The maximum atomic E-state index is 12.0. The number of nitrogens with zero attached hydrogens (tertiary/aromatic N) is 2. The highest BCUT2D eigenvalue weighted by Gasteiger charge is 2.38. The van der Waals surface area contributed by atoms with Crippen molar-refractivity contribution in [2.75, 3.05) is 0 Å². The number of carbonyl (C=O) groups is 1. The van der Waals surface area contributed by atoms with Crippen LogP contribution in [-0.4, -0.2) is 17.0 Å². The number of fused-ring (bicyclic) bond motifs is 2. The summed E-state index contributed by atoms with van der Waals surface area (Å²) in [6.07, 6.45) is 6.88. The normalized spacial score (nSPS) is 26.5. The second-order valence-corrected chi connectivity index (χ2v) is 6.32. The smallest absolute Gasteiger partial charge is 0.267 e. The Morgan fingerprint density at radius 2 is 2.23 bits per heavy atom. The summed E-state index contributed by atoms with van der Waals surface area (Å²) >= 11 is 0. The molecule has 2 aliphatic carbocycles. The van der Waals surface area contributed by atoms with Crippen molar-refractivity contribution in [1.29, 1.82) is 0 Å². The zero-order chi connectivity index (χ0) is 15.7. The molecule has 6 nitrogen and oxygen atoms in total. The summed E-state index contributed by atoms with van der Waals surface area (Å²) < 4.78 is 0. The number of hydrogen-bond acceptors (Lipinski definition) is 4. The highest BCUT2D eigenvalue weighted by atomic mass is 16.6. The monoisotopic (exact) mass is 301 g/mol. The number of nitrogens with one attached hydrogen (secondary N) is 1. The zero-order valence-corrected chi connectivity index (χ0v) is 12.5. The zero-order valence-electron chi connectivity index (χ0n) is 12.5. The molecule has 116 valence electrons. The van der Waals surface area contributed by atoms with E-state index < -0.39 is 10.8 Å². The first-order valence-corrected chi connectivity index (χ1v) is 7.63. The van der Waals surface area contributed by atoms with E-state index in [-0.39, 0.29) is 11.3 Å². The molecule has 6 heteroatoms. The van der Waals surface area contributed by atoms with Gasteiger partial charge in [0, 0.05) is 23.4 Å². The van der Waals surface area contributed by atoms with Gasteiger partial charge in [-0.05, 0) is 50.0 Å². The van der Waals surface area contributed by atoms with Crippen molar-refractivity contribution in [3.8, 4) is 0 Å². The molecule has 0 aromatic heterocycles. The summed E-state index contributed by atoms with van der Waals surface area (Å²) in [6.45, 7) is 1.65. The summed E-state index contributed by atoms with van der Waals surface area (Å²) in [6, 6.07) is 4.44. The quantitative estimate of drug-likeness (QED) is 0.527. The van der Waals surface area contributed by atoms with Gasteiger partial charge in [0.15, 0.2) is 0 Å². The number of nitro groups is 1. The number of benzene rings is 1. The minimum absolute atomic E-state index is 0.0512. The Hall–Kier alpha value is -2.24. The second-order valence-electron chi connectivity index (χ2n) is 6.32. The number of amides is 1. The Balaban J connectivity index is 1.62. The molecule has 0 spiro atoms. The van der Waals surface area contributed by atoms with Crippen LogP contribution < -0.4 is 5.43 Å². The van der Waals surface area contributed by atoms with Crippen molar-refractivity contribution in [2.45, 2.75) is 32.6 Å². The van der Waals surface area contributed by atoms with Crippen LogP contribution in [0.5, 0.6) is 0 Å². The Morgan fingerprint density at radius 3 is 2.86 bits per heavy atom. The van der Waals surface area contributed by atoms with Crippen LogP contribution in [0.25, 0.3) is 0 Å². The van der Waals surface area contributed by atoms with E-state index in [0.29, 0.717) is 17.4 Å². The van der Waals surface area contributed by atoms with Crippen LogP contribution in [0.3, 0.4) is 0 Å². The van der Waals surface area contributed by atoms with Crippen molar-refractivity contribution in [3.63, 3.8) is 0 Å². The Bertz CT molecular complexity index is 642. The van der Waals surface area contributed by atoms with Gasteiger partial charge in [-0.3, -0.25) is 14.9 Å². The molecule has 1 N–H and O–H groups in total. The largest absolute Gasteiger partial charge is 0.273 e. The molecule has 0 aliphatic heterocycles. The van der Waals surface area contributed by atoms with Crippen LogP contribution in [-0.2, 0) is 0 Å². The molecule has 1 aromatic rings. The van der Waals surface area contributed by atoms with Crippen LogP contribution in [0, 0.1) is 34.8 Å². The van der Waals surface area contributed by atoms with E-state index >= 15 is 0 Å². The predicted octanol–water partition coefficient (Wildman–Crippen LogP) is 3.06. The van der Waals surface area contributed by atoms with E-state index in [2.05, 4.69) is 10.5 Å². The van der Waals surface area contributed by atoms with E-state index in [1.807, 2.05) is 6.21 Å². The van der Waals surface area contributed by atoms with Crippen molar-refractivity contribution in [1.82, 2.24) is 5.43 Å². The van der Waals surface area contributed by atoms with E-state index in [4.69, 9.17) is 0 Å². The lowest BCUT2D eigenvalue weighted by atomic mass is 9.90. The fourth-order valence-corrected chi connectivity index (χ4v) is 3.68. The number of nitro benzene ring substituents is 1. The third-order valence-corrected chi connectivity index (χ3v) is 4.89. The lowest BCUT2D eigenvalue weighted by molar-refractivity contribution is -0.385. The number of rotatable bonds is 4. The molecule has 0 radical (unpaired) electrons. The molecule has 1 aromatic carbocycles. The van der Waals surface area contributed by atoms with Gasteiger partial charge in [-0.25, -0.2) is 5.43 Å². The van der Waals surface area contributed by atoms with Gasteiger partial charge in [-0.1, -0.05) is 12.5 Å². The second kappa shape index (κ2) is 5.87. The first-order valence-electron chi connectivity index (χ1n) is 7.63. The van der Waals surface area contributed by atoms with Gasteiger partial charge in [0.1, 0.15) is 0 Å². The lowest BCUT2D eigenvalue weighted by Crippen LogP contribution is -2.20. The highest BCUT2D eigenvalue weighted by molar-refractivity contribution is 5.95. The van der Waals surface area contributed by atoms with Crippen LogP contribution >= 0.6 is 0 Å².